The average molecular weight is 594 g/mol. The standard InChI is InChI=1S/C22H15N3O7S5/c26-13-7-15(37-18-12(25(31)32)9-35-19(13)18)34-5-3-10-8-36-21-16(20(28)24(21)17(10)22(29)30)23-14(27)6-11-2-1-4-33-11/h1-5,7,9,16,21H,6,8H2,(H,23,27)(H,29,30)/b5-3+/t16?,21-/m1/s1. The lowest BCUT2D eigenvalue weighted by Crippen LogP contribution is -2.70. The van der Waals surface area contributed by atoms with Crippen molar-refractivity contribution in [1.82, 2.24) is 10.2 Å². The molecule has 0 bridgehead atoms. The Morgan fingerprint density at radius 1 is 1.30 bits per heavy atom. The minimum atomic E-state index is -1.26. The van der Waals surface area contributed by atoms with E-state index in [1.807, 2.05) is 17.5 Å². The zero-order chi connectivity index (χ0) is 26.3. The van der Waals surface area contributed by atoms with E-state index in [1.54, 1.807) is 11.5 Å². The molecule has 1 unspecified atom stereocenters. The van der Waals surface area contributed by atoms with Crippen LogP contribution in [0.15, 0.2) is 60.7 Å². The summed E-state index contributed by atoms with van der Waals surface area (Å²) in [4.78, 5) is 62.3. The van der Waals surface area contributed by atoms with Gasteiger partial charge < -0.3 is 10.4 Å². The number of allylic oxidation sites excluding steroid dienone is 1. The van der Waals surface area contributed by atoms with Crippen LogP contribution in [0.1, 0.15) is 4.88 Å². The molecule has 2 amide bonds. The fourth-order valence-electron chi connectivity index (χ4n) is 3.84. The molecule has 2 N–H and O–H groups in total. The van der Waals surface area contributed by atoms with Crippen molar-refractivity contribution >= 4 is 90.4 Å². The number of carbonyl (C=O) groups excluding carboxylic acids is 2. The van der Waals surface area contributed by atoms with E-state index in [1.165, 1.54) is 39.4 Å². The summed E-state index contributed by atoms with van der Waals surface area (Å²) >= 11 is 6.07. The Labute approximate surface area is 228 Å². The fourth-order valence-corrected chi connectivity index (χ4v) is 8.98. The third kappa shape index (κ3) is 4.96. The Hall–Kier alpha value is -2.98. The maximum Gasteiger partial charge on any atom is 0.352 e. The summed E-state index contributed by atoms with van der Waals surface area (Å²) in [5.41, 5.74) is -0.172. The third-order valence-corrected chi connectivity index (χ3v) is 10.9. The van der Waals surface area contributed by atoms with Gasteiger partial charge in [-0.25, -0.2) is 4.79 Å². The number of β-lactam (4-membered cyclic amide) rings is 1. The van der Waals surface area contributed by atoms with Crippen LogP contribution in [0.5, 0.6) is 0 Å². The lowest BCUT2D eigenvalue weighted by atomic mass is 10.0. The summed E-state index contributed by atoms with van der Waals surface area (Å²) in [5, 5.41) is 28.1. The molecule has 0 spiro atoms. The van der Waals surface area contributed by atoms with Gasteiger partial charge in [0.15, 0.2) is 5.43 Å². The number of hydrogen-bond donors (Lipinski definition) is 2. The molecule has 0 aromatic carbocycles. The highest BCUT2D eigenvalue weighted by Crippen LogP contribution is 2.41. The SMILES string of the molecule is O=C(Cc1cccs1)NC1C(=O)N2C(C(=O)O)=C(/C=C/Sc3cc(=O)c4scc([N+](=O)[O-])c4s3)CS[C@H]12. The van der Waals surface area contributed by atoms with Gasteiger partial charge in [0.05, 0.1) is 25.6 Å². The second kappa shape index (κ2) is 10.4. The molecule has 0 saturated carbocycles. The Balaban J connectivity index is 1.31. The maximum absolute atomic E-state index is 12.8. The minimum Gasteiger partial charge on any atom is -0.477 e. The van der Waals surface area contributed by atoms with Gasteiger partial charge in [0.1, 0.15) is 21.8 Å². The Morgan fingerprint density at radius 2 is 2.11 bits per heavy atom. The molecule has 37 heavy (non-hydrogen) atoms. The van der Waals surface area contributed by atoms with Crippen molar-refractivity contribution < 1.29 is 24.4 Å². The molecular weight excluding hydrogens is 579 g/mol. The van der Waals surface area contributed by atoms with Gasteiger partial charge in [0.2, 0.25) is 5.91 Å². The molecule has 0 radical (unpaired) electrons. The van der Waals surface area contributed by atoms with Gasteiger partial charge in [-0.2, -0.15) is 0 Å². The lowest BCUT2D eigenvalue weighted by molar-refractivity contribution is -0.382. The highest BCUT2D eigenvalue weighted by molar-refractivity contribution is 8.04. The van der Waals surface area contributed by atoms with Gasteiger partial charge in [-0.05, 0) is 28.5 Å². The van der Waals surface area contributed by atoms with Crippen molar-refractivity contribution in [2.75, 3.05) is 5.75 Å². The van der Waals surface area contributed by atoms with Crippen molar-refractivity contribution in [3.8, 4) is 0 Å². The first-order chi connectivity index (χ1) is 17.7. The fraction of sp³-hybridized carbons (Fsp3) is 0.182. The second-order valence-corrected chi connectivity index (χ2v) is 13.1. The highest BCUT2D eigenvalue weighted by Gasteiger charge is 2.53. The molecule has 3 aromatic heterocycles. The van der Waals surface area contributed by atoms with E-state index in [4.69, 9.17) is 0 Å². The zero-order valence-electron chi connectivity index (χ0n) is 18.4. The van der Waals surface area contributed by atoms with Crippen molar-refractivity contribution in [1.29, 1.82) is 0 Å². The smallest absolute Gasteiger partial charge is 0.352 e. The number of fused-ring (bicyclic) bond motifs is 2. The first kappa shape index (κ1) is 25.7. The topological polar surface area (TPSA) is 147 Å². The molecule has 3 aromatic rings. The van der Waals surface area contributed by atoms with Crippen molar-refractivity contribution in [3.05, 3.63) is 76.9 Å². The molecular formula is C22H15N3O7S5. The van der Waals surface area contributed by atoms with Crippen LogP contribution >= 0.6 is 57.5 Å². The van der Waals surface area contributed by atoms with Crippen LogP contribution in [0.25, 0.3) is 9.40 Å². The van der Waals surface area contributed by atoms with Gasteiger partial charge in [0, 0.05) is 16.7 Å². The van der Waals surface area contributed by atoms with Crippen LogP contribution in [0.2, 0.25) is 0 Å². The number of thiophene rings is 2. The van der Waals surface area contributed by atoms with E-state index in [2.05, 4.69) is 5.32 Å². The number of thioether (sulfide) groups is 2. The summed E-state index contributed by atoms with van der Waals surface area (Å²) in [5.74, 6) is -1.74. The number of carbonyl (C=O) groups is 3. The van der Waals surface area contributed by atoms with Crippen LogP contribution in [-0.2, 0) is 20.8 Å². The number of amides is 2. The lowest BCUT2D eigenvalue weighted by Gasteiger charge is -2.49. The molecule has 2 atom stereocenters. The molecule has 5 heterocycles. The van der Waals surface area contributed by atoms with E-state index >= 15 is 0 Å². The molecule has 15 heteroatoms. The number of nitrogens with zero attached hydrogens (tertiary/aromatic N) is 2. The Morgan fingerprint density at radius 3 is 2.81 bits per heavy atom. The van der Waals surface area contributed by atoms with Crippen molar-refractivity contribution in [2.24, 2.45) is 0 Å². The monoisotopic (exact) mass is 593 g/mol. The van der Waals surface area contributed by atoms with Crippen LogP contribution in [0, 0.1) is 10.1 Å². The maximum atomic E-state index is 12.8. The molecule has 1 saturated heterocycles. The summed E-state index contributed by atoms with van der Waals surface area (Å²) in [6.45, 7) is 0. The number of hydrogen-bond acceptors (Lipinski definition) is 11. The summed E-state index contributed by atoms with van der Waals surface area (Å²) < 4.78 is 1.14. The summed E-state index contributed by atoms with van der Waals surface area (Å²) in [6.07, 6.45) is 1.72. The first-order valence-corrected chi connectivity index (χ1v) is 15.0. The van der Waals surface area contributed by atoms with E-state index in [0.29, 0.717) is 24.9 Å². The van der Waals surface area contributed by atoms with Crippen molar-refractivity contribution in [3.63, 3.8) is 0 Å². The normalized spacial score (nSPS) is 19.2. The van der Waals surface area contributed by atoms with E-state index in [9.17, 15) is 34.4 Å². The highest BCUT2D eigenvalue weighted by atomic mass is 32.2. The van der Waals surface area contributed by atoms with E-state index in [-0.39, 0.29) is 29.1 Å². The number of carboxylic acids is 1. The van der Waals surface area contributed by atoms with E-state index in [0.717, 1.165) is 39.3 Å². The predicted octanol–water partition coefficient (Wildman–Crippen LogP) is 3.88. The zero-order valence-corrected chi connectivity index (χ0v) is 22.5. The number of aliphatic carboxylic acids is 1. The molecule has 5 rings (SSSR count). The predicted molar refractivity (Wildman–Crippen MR) is 145 cm³/mol. The first-order valence-electron chi connectivity index (χ1n) is 10.5. The average Bonchev–Trinajstić information content (AvgIpc) is 3.52. The van der Waals surface area contributed by atoms with E-state index < -0.39 is 28.2 Å². The largest absolute Gasteiger partial charge is 0.477 e. The molecule has 1 fully saturated rings. The van der Waals surface area contributed by atoms with Gasteiger partial charge in [-0.3, -0.25) is 29.4 Å². The quantitative estimate of drug-likeness (QED) is 0.172. The summed E-state index contributed by atoms with van der Waals surface area (Å²) in [6, 6.07) is 4.26. The van der Waals surface area contributed by atoms with Crippen LogP contribution in [-0.4, -0.2) is 49.9 Å². The number of carboxylic acid groups (broad SMARTS) is 1. The minimum absolute atomic E-state index is 0.118. The van der Waals surface area contributed by atoms with Crippen molar-refractivity contribution in [2.45, 2.75) is 22.0 Å². The second-order valence-electron chi connectivity index (χ2n) is 7.78. The van der Waals surface area contributed by atoms with Gasteiger partial charge in [0.25, 0.3) is 11.6 Å². The number of nitro groups is 1. The number of rotatable bonds is 8. The third-order valence-electron chi connectivity index (χ3n) is 5.48. The molecule has 2 aliphatic heterocycles. The van der Waals surface area contributed by atoms with Gasteiger partial charge in [-0.1, -0.05) is 17.8 Å². The van der Waals surface area contributed by atoms with Crippen LogP contribution < -0.4 is 10.7 Å². The summed E-state index contributed by atoms with van der Waals surface area (Å²) in [7, 11) is 0. The van der Waals surface area contributed by atoms with Gasteiger partial charge >= 0.3 is 5.97 Å². The Kier molecular flexibility index (Phi) is 7.22. The number of nitrogens with one attached hydrogen (secondary N) is 1. The molecule has 10 nitrogen and oxygen atoms in total. The van der Waals surface area contributed by atoms with Crippen LogP contribution in [0.3, 0.4) is 0 Å². The Bertz CT molecular complexity index is 1560. The molecule has 190 valence electrons. The molecule has 2 aliphatic rings. The molecule has 0 aliphatic carbocycles. The van der Waals surface area contributed by atoms with Gasteiger partial charge in [-0.15, -0.1) is 45.8 Å². The van der Waals surface area contributed by atoms with Crippen LogP contribution in [0.4, 0.5) is 5.69 Å².